The summed E-state index contributed by atoms with van der Waals surface area (Å²) in [5.41, 5.74) is 102. The van der Waals surface area contributed by atoms with Crippen LogP contribution in [0.4, 0.5) is 17.1 Å². The molecule has 0 saturated carbocycles. The number of nitrogen functional groups attached to an aromatic ring is 3. The molecule has 0 bridgehead atoms. The average Bonchev–Trinajstić information content (AvgIpc) is 0.950. The van der Waals surface area contributed by atoms with Gasteiger partial charge in [-0.2, -0.15) is 8.42 Å². The Hall–Kier alpha value is -9.53. The highest BCUT2D eigenvalue weighted by molar-refractivity contribution is 7.86. The summed E-state index contributed by atoms with van der Waals surface area (Å²) in [6.45, 7) is 10.1. The van der Waals surface area contributed by atoms with Crippen LogP contribution in [0.5, 0.6) is 0 Å². The molecule has 26 N–H and O–H groups in total. The molecule has 0 aliphatic rings. The lowest BCUT2D eigenvalue weighted by molar-refractivity contribution is 0.298. The number of rotatable bonds is 34. The molecular formula is C86H128N18O5S. The fourth-order valence-electron chi connectivity index (χ4n) is 10.1. The van der Waals surface area contributed by atoms with E-state index in [1.54, 1.807) is 0 Å². The molecule has 0 heterocycles. The number of benzene rings is 9. The van der Waals surface area contributed by atoms with Crippen molar-refractivity contribution in [2.24, 2.45) is 61.8 Å². The minimum Gasteiger partial charge on any atom is -0.399 e. The second-order valence-electron chi connectivity index (χ2n) is 25.4. The van der Waals surface area contributed by atoms with Crippen LogP contribution in [0.3, 0.4) is 0 Å². The van der Waals surface area contributed by atoms with Gasteiger partial charge in [-0.1, -0.05) is 206 Å². The largest absolute Gasteiger partial charge is 0.399 e. The maximum Gasteiger partial charge on any atom is 0.264 e. The highest BCUT2D eigenvalue weighted by Gasteiger charge is 2.03. The van der Waals surface area contributed by atoms with Crippen LogP contribution in [0, 0.1) is 0 Å². The molecule has 0 aliphatic carbocycles. The van der Waals surface area contributed by atoms with Crippen LogP contribution >= 0.6 is 0 Å². The van der Waals surface area contributed by atoms with E-state index in [1.165, 1.54) is 55.6 Å². The van der Waals surface area contributed by atoms with Gasteiger partial charge >= 0.3 is 0 Å². The number of hydrogen-bond acceptors (Lipinski definition) is 19. The first-order valence-corrected chi connectivity index (χ1v) is 39.5. The molecule has 110 heavy (non-hydrogen) atoms. The summed E-state index contributed by atoms with van der Waals surface area (Å²) in [6, 6.07) is 73.0. The topological polar surface area (TPSA) is 494 Å². The third-order valence-electron chi connectivity index (χ3n) is 16.1. The van der Waals surface area contributed by atoms with Gasteiger partial charge in [-0.3, -0.25) is 4.18 Å². The number of nitrogens with two attached hydrogens (primary N) is 12. The second kappa shape index (κ2) is 65.4. The first-order chi connectivity index (χ1) is 53.3. The fraction of sp³-hybridized carbons (Fsp3) is 0.372. The van der Waals surface area contributed by atoms with Gasteiger partial charge < -0.3 is 79.0 Å². The molecule has 0 unspecified atom stereocenters. The number of aliphatic hydroxyl groups excluding tert-OH is 2. The number of aryl methyl sites for hydroxylation is 1. The summed E-state index contributed by atoms with van der Waals surface area (Å²) in [4.78, 5) is 5.39. The molecule has 0 spiro atoms. The summed E-state index contributed by atoms with van der Waals surface area (Å²) in [5, 5.41) is 24.3. The summed E-state index contributed by atoms with van der Waals surface area (Å²) in [5.74, 6) is 0. The van der Waals surface area contributed by atoms with Crippen molar-refractivity contribution in [3.8, 4) is 0 Å². The lowest BCUT2D eigenvalue weighted by Gasteiger charge is -2.03. The van der Waals surface area contributed by atoms with Crippen molar-refractivity contribution in [1.29, 1.82) is 0 Å². The van der Waals surface area contributed by atoms with E-state index < -0.39 is 10.1 Å². The molecule has 0 amide bonds. The first kappa shape index (κ1) is 98.5. The van der Waals surface area contributed by atoms with Crippen LogP contribution in [0.15, 0.2) is 229 Å². The van der Waals surface area contributed by atoms with Crippen LogP contribution in [0.25, 0.3) is 20.9 Å². The Morgan fingerprint density at radius 1 is 0.291 bits per heavy atom. The smallest absolute Gasteiger partial charge is 0.264 e. The minimum absolute atomic E-state index is 0.194. The number of hydrogen-bond donors (Lipinski definition) is 14. The first-order valence-electron chi connectivity index (χ1n) is 37.7. The zero-order chi connectivity index (χ0) is 81.1. The number of azide groups is 2. The molecule has 0 radical (unpaired) electrons. The highest BCUT2D eigenvalue weighted by Crippen LogP contribution is 2.13. The summed E-state index contributed by atoms with van der Waals surface area (Å²) >= 11 is 0. The molecule has 0 atom stereocenters. The maximum atomic E-state index is 10.7. The second-order valence-corrected chi connectivity index (χ2v) is 27.0. The van der Waals surface area contributed by atoms with E-state index in [2.05, 4.69) is 116 Å². The molecule has 0 fully saturated rings. The lowest BCUT2D eigenvalue weighted by Crippen LogP contribution is -2.06. The molecule has 0 aromatic heterocycles. The molecular weight excluding hydrogens is 1400 g/mol. The Morgan fingerprint density at radius 2 is 0.455 bits per heavy atom. The van der Waals surface area contributed by atoms with E-state index in [9.17, 15) is 8.42 Å². The van der Waals surface area contributed by atoms with Gasteiger partial charge in [0.05, 0.1) is 12.9 Å². The Morgan fingerprint density at radius 3 is 0.618 bits per heavy atom. The molecule has 0 saturated heterocycles. The molecule has 23 nitrogen and oxygen atoms in total. The van der Waals surface area contributed by atoms with Crippen molar-refractivity contribution >= 4 is 27.2 Å². The standard InChI is InChI=1S/C12H18O3S.C10H12N6.3C10H16N2.C10H14O2.3C8H12N2/c1-3-4-11-5-7-12(8-6-11)9-10-15-16(2,13)14;11-15-13-7-5-9-1-2-10(4-3-9)6-8-14-16-12;4*11-7-5-9-1-2-10(4-3-9)6-8-12;3*9-6-5-7-1-3-8(10)4-2-7/h5-8H,3-4,9-10H2,1-2H3;1-4H,5-8H2;3*1-4H,5-8,11-12H2;1-4,11-12H,5-8H2;3*1-4H,5-6,9-10H2. The van der Waals surface area contributed by atoms with Crippen molar-refractivity contribution < 1.29 is 22.8 Å². The van der Waals surface area contributed by atoms with Gasteiger partial charge in [-0.25, -0.2) is 0 Å². The molecule has 598 valence electrons. The van der Waals surface area contributed by atoms with Gasteiger partial charge in [0, 0.05) is 53.2 Å². The van der Waals surface area contributed by atoms with Crippen molar-refractivity contribution in [2.75, 3.05) is 115 Å². The van der Waals surface area contributed by atoms with Crippen molar-refractivity contribution in [1.82, 2.24) is 0 Å². The molecule has 9 aromatic carbocycles. The summed E-state index contributed by atoms with van der Waals surface area (Å²) < 4.78 is 26.2. The summed E-state index contributed by atoms with van der Waals surface area (Å²) in [6.07, 6.45) is 15.4. The predicted molar refractivity (Wildman–Crippen MR) is 462 cm³/mol. The van der Waals surface area contributed by atoms with Crippen molar-refractivity contribution in [2.45, 2.75) is 110 Å². The predicted octanol–water partition coefficient (Wildman–Crippen LogP) is 10.7. The maximum absolute atomic E-state index is 10.7. The molecule has 24 heteroatoms. The van der Waals surface area contributed by atoms with Crippen LogP contribution in [-0.2, 0) is 111 Å². The monoisotopic (exact) mass is 1530 g/mol. The summed E-state index contributed by atoms with van der Waals surface area (Å²) in [7, 11) is -3.31. The number of anilines is 3. The SMILES string of the molecule is CCCc1ccc(CCOS(C)(=O)=O)cc1.NCCc1ccc(CCN)cc1.NCCc1ccc(CCN)cc1.NCCc1ccc(CCN)cc1.NCCc1ccc(N)cc1.NCCc1ccc(N)cc1.NCCc1ccc(N)cc1.OCCc1ccc(CCO)cc1.[N-]=[N+]=NCCc1ccc(CCN=[N+]=[N-])cc1. The van der Waals surface area contributed by atoms with Gasteiger partial charge in [0.15, 0.2) is 0 Å². The Labute approximate surface area is 655 Å². The Kier molecular flexibility index (Phi) is 58.5. The van der Waals surface area contributed by atoms with E-state index >= 15 is 0 Å². The van der Waals surface area contributed by atoms with Gasteiger partial charge in [-0.15, -0.1) is 0 Å². The van der Waals surface area contributed by atoms with E-state index in [4.69, 9.17) is 90.1 Å². The Balaban J connectivity index is 0.000000622. The number of nitrogens with zero attached hydrogens (tertiary/aromatic N) is 6. The van der Waals surface area contributed by atoms with Crippen LogP contribution in [0.1, 0.15) is 96.8 Å². The van der Waals surface area contributed by atoms with Gasteiger partial charge in [0.25, 0.3) is 10.1 Å². The van der Waals surface area contributed by atoms with Gasteiger partial charge in [-0.05, 0) is 286 Å². The molecule has 0 aliphatic heterocycles. The Bertz CT molecular complexity index is 3430. The lowest BCUT2D eigenvalue weighted by atomic mass is 10.1. The van der Waals surface area contributed by atoms with Crippen molar-refractivity contribution in [3.63, 3.8) is 0 Å². The normalized spacial score (nSPS) is 10.1. The zero-order valence-electron chi connectivity index (χ0n) is 65.1. The van der Waals surface area contributed by atoms with Crippen LogP contribution < -0.4 is 68.8 Å². The zero-order valence-corrected chi connectivity index (χ0v) is 66.0. The molecule has 9 rings (SSSR count). The molecule has 9 aromatic rings. The minimum atomic E-state index is -3.31. The number of aliphatic hydroxyl groups is 2. The fourth-order valence-corrected chi connectivity index (χ4v) is 10.5. The van der Waals surface area contributed by atoms with Gasteiger partial charge in [0.1, 0.15) is 0 Å². The third kappa shape index (κ3) is 52.5. The van der Waals surface area contributed by atoms with E-state index in [1.807, 2.05) is 133 Å². The average molecular weight is 1530 g/mol. The quantitative estimate of drug-likeness (QED) is 0.00586. The van der Waals surface area contributed by atoms with Crippen molar-refractivity contribution in [3.05, 3.63) is 323 Å². The van der Waals surface area contributed by atoms with Gasteiger partial charge in [0.2, 0.25) is 0 Å². The van der Waals surface area contributed by atoms with Crippen LogP contribution in [-0.4, -0.2) is 117 Å². The van der Waals surface area contributed by atoms with Crippen LogP contribution in [0.2, 0.25) is 0 Å². The highest BCUT2D eigenvalue weighted by atomic mass is 32.2. The third-order valence-corrected chi connectivity index (χ3v) is 16.7. The van der Waals surface area contributed by atoms with E-state index in [0.717, 1.165) is 174 Å². The van der Waals surface area contributed by atoms with E-state index in [-0.39, 0.29) is 19.8 Å². The van der Waals surface area contributed by atoms with E-state index in [0.29, 0.717) is 52.0 Å².